The molecule has 0 atom stereocenters. The van der Waals surface area contributed by atoms with E-state index in [0.717, 1.165) is 68.4 Å². The number of rotatable bonds is 30. The standard InChI is InChI=1S/C41H68N2O5S/c1-5-7-9-11-13-18-22-33-47-39(44)24-20-16-15-17-21-31-43(41(46)49-35-32-42(3)4)36-38-27-25-37(26-28-38)29-30-40(45)48-34-23-19-14-12-10-8-6-2/h18-19,22-23,25-28H,5-17,20-21,24,29-36H2,1-4H3/b22-18-,23-19-. The summed E-state index contributed by atoms with van der Waals surface area (Å²) in [6, 6.07) is 8.23. The smallest absolute Gasteiger partial charge is 0.306 e. The average molecular weight is 701 g/mol. The summed E-state index contributed by atoms with van der Waals surface area (Å²) in [4.78, 5) is 41.4. The quantitative estimate of drug-likeness (QED) is 0.0449. The highest BCUT2D eigenvalue weighted by atomic mass is 32.2. The van der Waals surface area contributed by atoms with Gasteiger partial charge in [0.2, 0.25) is 0 Å². The summed E-state index contributed by atoms with van der Waals surface area (Å²) in [6.07, 6.45) is 26.4. The summed E-state index contributed by atoms with van der Waals surface area (Å²) < 4.78 is 10.7. The number of benzene rings is 1. The van der Waals surface area contributed by atoms with Gasteiger partial charge in [-0.05, 0) is 70.2 Å². The molecule has 0 aliphatic rings. The Balaban J connectivity index is 2.38. The summed E-state index contributed by atoms with van der Waals surface area (Å²) >= 11 is 1.38. The molecule has 0 heterocycles. The van der Waals surface area contributed by atoms with Gasteiger partial charge in [-0.25, -0.2) is 0 Å². The van der Waals surface area contributed by atoms with Crippen LogP contribution in [0, 0.1) is 0 Å². The molecule has 0 unspecified atom stereocenters. The van der Waals surface area contributed by atoms with E-state index in [4.69, 9.17) is 9.47 Å². The number of amides is 1. The zero-order valence-electron chi connectivity index (χ0n) is 31.4. The first kappa shape index (κ1) is 44.4. The zero-order chi connectivity index (χ0) is 35.8. The van der Waals surface area contributed by atoms with E-state index in [1.165, 1.54) is 63.1 Å². The third kappa shape index (κ3) is 26.9. The van der Waals surface area contributed by atoms with Crippen LogP contribution in [-0.4, -0.2) is 73.1 Å². The van der Waals surface area contributed by atoms with Gasteiger partial charge in [0, 0.05) is 38.2 Å². The molecule has 0 saturated heterocycles. The van der Waals surface area contributed by atoms with E-state index >= 15 is 0 Å². The fourth-order valence-electron chi connectivity index (χ4n) is 5.20. The fraction of sp³-hybridized carbons (Fsp3) is 0.683. The average Bonchev–Trinajstić information content (AvgIpc) is 3.09. The fourth-order valence-corrected chi connectivity index (χ4v) is 6.17. The van der Waals surface area contributed by atoms with Gasteiger partial charge in [-0.1, -0.05) is 132 Å². The molecule has 278 valence electrons. The Morgan fingerprint density at radius 2 is 1.16 bits per heavy atom. The van der Waals surface area contributed by atoms with Crippen LogP contribution in [0.4, 0.5) is 4.79 Å². The van der Waals surface area contributed by atoms with Crippen molar-refractivity contribution in [3.8, 4) is 0 Å². The van der Waals surface area contributed by atoms with Gasteiger partial charge in [-0.3, -0.25) is 14.4 Å². The number of hydrogen-bond acceptors (Lipinski definition) is 7. The van der Waals surface area contributed by atoms with Crippen LogP contribution in [0.15, 0.2) is 48.6 Å². The van der Waals surface area contributed by atoms with Crippen LogP contribution in [0.1, 0.15) is 134 Å². The number of thioether (sulfide) groups is 1. The van der Waals surface area contributed by atoms with Crippen molar-refractivity contribution in [3.05, 3.63) is 59.7 Å². The van der Waals surface area contributed by atoms with Crippen LogP contribution in [-0.2, 0) is 32.0 Å². The summed E-state index contributed by atoms with van der Waals surface area (Å²) in [6.45, 7) is 7.27. The van der Waals surface area contributed by atoms with E-state index in [-0.39, 0.29) is 17.2 Å². The van der Waals surface area contributed by atoms with E-state index in [9.17, 15) is 14.4 Å². The molecule has 0 saturated carbocycles. The molecule has 0 aliphatic heterocycles. The predicted octanol–water partition coefficient (Wildman–Crippen LogP) is 10.3. The molecule has 1 rings (SSSR count). The third-order valence-electron chi connectivity index (χ3n) is 8.31. The summed E-state index contributed by atoms with van der Waals surface area (Å²) in [5.41, 5.74) is 2.17. The zero-order valence-corrected chi connectivity index (χ0v) is 32.2. The molecule has 7 nitrogen and oxygen atoms in total. The molecule has 8 heteroatoms. The minimum absolute atomic E-state index is 0.112. The number of hydrogen-bond donors (Lipinski definition) is 0. The van der Waals surface area contributed by atoms with Gasteiger partial charge in [-0.15, -0.1) is 0 Å². The lowest BCUT2D eigenvalue weighted by Crippen LogP contribution is -2.29. The van der Waals surface area contributed by atoms with Gasteiger partial charge >= 0.3 is 11.9 Å². The van der Waals surface area contributed by atoms with Crippen molar-refractivity contribution in [2.24, 2.45) is 0 Å². The van der Waals surface area contributed by atoms with Crippen molar-refractivity contribution in [1.29, 1.82) is 0 Å². The number of esters is 2. The molecule has 49 heavy (non-hydrogen) atoms. The lowest BCUT2D eigenvalue weighted by molar-refractivity contribution is -0.143. The topological polar surface area (TPSA) is 76.1 Å². The van der Waals surface area contributed by atoms with Gasteiger partial charge in [0.25, 0.3) is 5.24 Å². The molecule has 0 aromatic heterocycles. The summed E-state index contributed by atoms with van der Waals surface area (Å²) in [5, 5.41) is 0.112. The van der Waals surface area contributed by atoms with Crippen molar-refractivity contribution in [2.45, 2.75) is 136 Å². The van der Waals surface area contributed by atoms with Gasteiger partial charge < -0.3 is 19.3 Å². The molecule has 1 aromatic rings. The van der Waals surface area contributed by atoms with Crippen molar-refractivity contribution >= 4 is 28.9 Å². The normalized spacial score (nSPS) is 11.5. The lowest BCUT2D eigenvalue weighted by atomic mass is 10.1. The Hall–Kier alpha value is -2.58. The number of ether oxygens (including phenoxy) is 2. The molecule has 0 fully saturated rings. The first-order valence-electron chi connectivity index (χ1n) is 19.1. The molecular weight excluding hydrogens is 633 g/mol. The molecule has 0 N–H and O–H groups in total. The number of carbonyl (C=O) groups is 3. The first-order chi connectivity index (χ1) is 23.8. The van der Waals surface area contributed by atoms with Crippen LogP contribution in [0.25, 0.3) is 0 Å². The predicted molar refractivity (Wildman–Crippen MR) is 207 cm³/mol. The van der Waals surface area contributed by atoms with Crippen LogP contribution < -0.4 is 0 Å². The van der Waals surface area contributed by atoms with Crippen molar-refractivity contribution in [3.63, 3.8) is 0 Å². The highest BCUT2D eigenvalue weighted by molar-refractivity contribution is 8.13. The SMILES string of the molecule is CCCCCC/C=C\COC(=O)CCCCCCCN(Cc1ccc(CCC(=O)OC/C=C\CCCCCC)cc1)C(=O)SCCN(C)C. The summed E-state index contributed by atoms with van der Waals surface area (Å²) in [7, 11) is 4.04. The maximum atomic E-state index is 13.1. The van der Waals surface area contributed by atoms with Crippen molar-refractivity contribution in [1.82, 2.24) is 9.80 Å². The molecule has 1 amide bonds. The Labute approximate surface area is 303 Å². The Kier molecular flexibility index (Phi) is 28.5. The minimum atomic E-state index is -0.178. The second-order valence-electron chi connectivity index (χ2n) is 13.2. The second-order valence-corrected chi connectivity index (χ2v) is 14.2. The lowest BCUT2D eigenvalue weighted by Gasteiger charge is -2.23. The molecule has 1 aromatic carbocycles. The van der Waals surface area contributed by atoms with Crippen LogP contribution in [0.2, 0.25) is 0 Å². The molecular formula is C41H68N2O5S. The van der Waals surface area contributed by atoms with Crippen LogP contribution >= 0.6 is 11.8 Å². The molecule has 0 bridgehead atoms. The Bertz CT molecular complexity index is 1040. The highest BCUT2D eigenvalue weighted by Gasteiger charge is 2.15. The van der Waals surface area contributed by atoms with Gasteiger partial charge in [-0.2, -0.15) is 0 Å². The van der Waals surface area contributed by atoms with Gasteiger partial charge in [0.05, 0.1) is 0 Å². The Morgan fingerprint density at radius 3 is 1.76 bits per heavy atom. The molecule has 0 radical (unpaired) electrons. The highest BCUT2D eigenvalue weighted by Crippen LogP contribution is 2.17. The maximum absolute atomic E-state index is 13.1. The molecule has 0 aliphatic carbocycles. The third-order valence-corrected chi connectivity index (χ3v) is 9.20. The second kappa shape index (κ2) is 31.4. The van der Waals surface area contributed by atoms with Crippen molar-refractivity contribution in [2.75, 3.05) is 46.2 Å². The van der Waals surface area contributed by atoms with Crippen LogP contribution in [0.3, 0.4) is 0 Å². The van der Waals surface area contributed by atoms with E-state index in [0.29, 0.717) is 45.6 Å². The summed E-state index contributed by atoms with van der Waals surface area (Å²) in [5.74, 6) is 0.462. The van der Waals surface area contributed by atoms with Crippen LogP contribution in [0.5, 0.6) is 0 Å². The largest absolute Gasteiger partial charge is 0.461 e. The van der Waals surface area contributed by atoms with Gasteiger partial charge in [0.15, 0.2) is 0 Å². The molecule has 0 spiro atoms. The monoisotopic (exact) mass is 700 g/mol. The van der Waals surface area contributed by atoms with E-state index < -0.39 is 0 Å². The minimum Gasteiger partial charge on any atom is -0.461 e. The number of carbonyl (C=O) groups excluding carboxylic acids is 3. The van der Waals surface area contributed by atoms with E-state index in [1.54, 1.807) is 0 Å². The maximum Gasteiger partial charge on any atom is 0.306 e. The first-order valence-corrected chi connectivity index (χ1v) is 20.1. The van der Waals surface area contributed by atoms with E-state index in [1.807, 2.05) is 31.1 Å². The van der Waals surface area contributed by atoms with E-state index in [2.05, 4.69) is 55.2 Å². The Morgan fingerprint density at radius 1 is 0.633 bits per heavy atom. The van der Waals surface area contributed by atoms with Crippen molar-refractivity contribution < 1.29 is 23.9 Å². The number of allylic oxidation sites excluding steroid dienone is 2. The number of aryl methyl sites for hydroxylation is 1. The van der Waals surface area contributed by atoms with Gasteiger partial charge in [0.1, 0.15) is 13.2 Å². The number of unbranched alkanes of at least 4 members (excludes halogenated alkanes) is 12. The number of nitrogens with zero attached hydrogens (tertiary/aromatic N) is 2.